The predicted molar refractivity (Wildman–Crippen MR) is 166 cm³/mol. The summed E-state index contributed by atoms with van der Waals surface area (Å²) in [6.07, 6.45) is 2.96. The zero-order valence-corrected chi connectivity index (χ0v) is 25.3. The molecule has 10 heteroatoms. The molecule has 2 atom stereocenters. The number of ether oxygens (including phenoxy) is 2. The van der Waals surface area contributed by atoms with E-state index in [-0.39, 0.29) is 25.5 Å². The van der Waals surface area contributed by atoms with Gasteiger partial charge in [0.1, 0.15) is 5.75 Å². The maximum atomic E-state index is 14.3. The number of nitrogens with zero attached hydrogens (tertiary/aromatic N) is 4. The Hall–Kier alpha value is -3.85. The highest BCUT2D eigenvalue weighted by Gasteiger charge is 2.53. The van der Waals surface area contributed by atoms with Crippen LogP contribution in [-0.4, -0.2) is 42.2 Å². The lowest BCUT2D eigenvalue weighted by Gasteiger charge is -2.32. The number of carbonyl (C=O) groups is 1. The summed E-state index contributed by atoms with van der Waals surface area (Å²) in [7, 11) is 0. The maximum absolute atomic E-state index is 14.3. The molecule has 0 radical (unpaired) electrons. The summed E-state index contributed by atoms with van der Waals surface area (Å²) in [5, 5.41) is 16.0. The lowest BCUT2D eigenvalue weighted by molar-refractivity contribution is -0.128. The van der Waals surface area contributed by atoms with Crippen molar-refractivity contribution in [2.45, 2.75) is 57.2 Å². The van der Waals surface area contributed by atoms with Crippen molar-refractivity contribution in [3.63, 3.8) is 0 Å². The first kappa shape index (κ1) is 31.1. The third kappa shape index (κ3) is 7.50. The van der Waals surface area contributed by atoms with Crippen molar-refractivity contribution in [1.29, 1.82) is 0 Å². The van der Waals surface area contributed by atoms with E-state index in [4.69, 9.17) is 25.1 Å². The number of hydrogen-bond acceptors (Lipinski definition) is 6. The molecule has 0 saturated heterocycles. The molecule has 1 amide bonds. The highest BCUT2D eigenvalue weighted by molar-refractivity contribution is 9.10. The van der Waals surface area contributed by atoms with Crippen LogP contribution in [-0.2, 0) is 22.5 Å². The van der Waals surface area contributed by atoms with Crippen molar-refractivity contribution in [3.8, 4) is 5.75 Å². The predicted octanol–water partition coefficient (Wildman–Crippen LogP) is 6.83. The number of aliphatic hydroxyl groups excluding tert-OH is 1. The number of hydrogen-bond donors (Lipinski definition) is 2. The van der Waals surface area contributed by atoms with E-state index >= 15 is 0 Å². The maximum Gasteiger partial charge on any atom is 0.252 e. The van der Waals surface area contributed by atoms with Crippen LogP contribution < -0.4 is 10.1 Å². The fourth-order valence-electron chi connectivity index (χ4n) is 4.96. The Balaban J connectivity index is 1.80. The standard InChI is InChI=1S/C32H36BrN5O4/c1-2-3-8-18-35-31(40)32(21-24-10-4-5-11-25(24)22-36-38-34)29(27-12-6-7-13-28(27)33)42-30(37-32)23-14-16-26(17-15-23)41-20-9-19-39/h4-7,10-17,29,39H,2-3,8-9,18-22H2,1H3,(H,35,40)/t29-,32-/m1/s1. The lowest BCUT2D eigenvalue weighted by Crippen LogP contribution is -2.50. The first-order valence-corrected chi connectivity index (χ1v) is 15.0. The van der Waals surface area contributed by atoms with E-state index in [0.717, 1.165) is 40.4 Å². The minimum Gasteiger partial charge on any atom is -0.494 e. The van der Waals surface area contributed by atoms with Gasteiger partial charge >= 0.3 is 0 Å². The van der Waals surface area contributed by atoms with Gasteiger partial charge in [0.2, 0.25) is 5.90 Å². The molecule has 0 aromatic heterocycles. The molecule has 1 heterocycles. The van der Waals surface area contributed by atoms with Crippen LogP contribution in [0.2, 0.25) is 0 Å². The van der Waals surface area contributed by atoms with E-state index in [0.29, 0.717) is 36.8 Å². The van der Waals surface area contributed by atoms with Gasteiger partial charge in [0, 0.05) is 46.5 Å². The molecule has 1 aliphatic rings. The Morgan fingerprint density at radius 3 is 2.55 bits per heavy atom. The number of nitrogens with one attached hydrogen (secondary N) is 1. The van der Waals surface area contributed by atoms with Crippen LogP contribution in [0.4, 0.5) is 0 Å². The Bertz CT molecular complexity index is 1420. The summed E-state index contributed by atoms with van der Waals surface area (Å²) in [5.74, 6) is 0.797. The zero-order chi connectivity index (χ0) is 29.8. The van der Waals surface area contributed by atoms with Crippen LogP contribution in [0.15, 0.2) is 87.4 Å². The SMILES string of the molecule is CCCCCNC(=O)[C@]1(Cc2ccccc2CN=[N+]=[N-])N=C(c2ccc(OCCCO)cc2)O[C@@H]1c1ccccc1Br. The first-order valence-electron chi connectivity index (χ1n) is 14.2. The van der Waals surface area contributed by atoms with Crippen LogP contribution >= 0.6 is 15.9 Å². The molecular weight excluding hydrogens is 598 g/mol. The van der Waals surface area contributed by atoms with Crippen molar-refractivity contribution in [2.24, 2.45) is 10.1 Å². The molecule has 3 aromatic rings. The summed E-state index contributed by atoms with van der Waals surface area (Å²) in [6, 6.07) is 22.7. The van der Waals surface area contributed by atoms with E-state index in [1.54, 1.807) is 0 Å². The van der Waals surface area contributed by atoms with Crippen molar-refractivity contribution in [1.82, 2.24) is 5.32 Å². The molecule has 4 rings (SSSR count). The van der Waals surface area contributed by atoms with Gasteiger partial charge in [0.15, 0.2) is 11.6 Å². The highest BCUT2D eigenvalue weighted by Crippen LogP contribution is 2.45. The van der Waals surface area contributed by atoms with Crippen molar-refractivity contribution < 1.29 is 19.4 Å². The van der Waals surface area contributed by atoms with Crippen molar-refractivity contribution >= 4 is 27.7 Å². The van der Waals surface area contributed by atoms with Gasteiger partial charge in [-0.2, -0.15) is 0 Å². The zero-order valence-electron chi connectivity index (χ0n) is 23.7. The minimum atomic E-state index is -1.34. The van der Waals surface area contributed by atoms with Gasteiger partial charge in [-0.3, -0.25) is 4.79 Å². The van der Waals surface area contributed by atoms with E-state index < -0.39 is 11.6 Å². The number of amides is 1. The molecule has 0 bridgehead atoms. The quantitative estimate of drug-likeness (QED) is 0.0822. The van der Waals surface area contributed by atoms with Crippen LogP contribution in [0.1, 0.15) is 61.0 Å². The number of rotatable bonds is 15. The first-order chi connectivity index (χ1) is 20.5. The molecule has 9 nitrogen and oxygen atoms in total. The van der Waals surface area contributed by atoms with Gasteiger partial charge in [0.25, 0.3) is 5.91 Å². The summed E-state index contributed by atoms with van der Waals surface area (Å²) in [5.41, 5.74) is 10.8. The Kier molecular flexibility index (Phi) is 11.4. The summed E-state index contributed by atoms with van der Waals surface area (Å²) in [6.45, 7) is 3.29. The van der Waals surface area contributed by atoms with Crippen LogP contribution in [0.5, 0.6) is 5.75 Å². The summed E-state index contributed by atoms with van der Waals surface area (Å²) < 4.78 is 13.1. The normalized spacial score (nSPS) is 17.6. The van der Waals surface area contributed by atoms with Gasteiger partial charge in [0.05, 0.1) is 13.2 Å². The van der Waals surface area contributed by atoms with Crippen LogP contribution in [0.3, 0.4) is 0 Å². The summed E-state index contributed by atoms with van der Waals surface area (Å²) >= 11 is 3.68. The second-order valence-corrected chi connectivity index (χ2v) is 11.0. The van der Waals surface area contributed by atoms with Gasteiger partial charge in [-0.05, 0) is 53.4 Å². The number of benzene rings is 3. The molecule has 220 valence electrons. The number of aliphatic imine (C=N–C) groups is 1. The fraction of sp³-hybridized carbons (Fsp3) is 0.375. The number of halogens is 1. The number of carbonyl (C=O) groups excluding carboxylic acids is 1. The third-order valence-corrected chi connectivity index (χ3v) is 7.89. The van der Waals surface area contributed by atoms with Gasteiger partial charge < -0.3 is 19.9 Å². The lowest BCUT2D eigenvalue weighted by atomic mass is 9.81. The Morgan fingerprint density at radius 1 is 1.10 bits per heavy atom. The molecular formula is C32H36BrN5O4. The number of unbranched alkanes of at least 4 members (excludes halogenated alkanes) is 2. The fourth-order valence-corrected chi connectivity index (χ4v) is 5.45. The summed E-state index contributed by atoms with van der Waals surface area (Å²) in [4.78, 5) is 22.3. The van der Waals surface area contributed by atoms with E-state index in [1.807, 2.05) is 72.8 Å². The topological polar surface area (TPSA) is 129 Å². The Labute approximate surface area is 254 Å². The van der Waals surface area contributed by atoms with Crippen molar-refractivity contribution in [2.75, 3.05) is 19.8 Å². The second-order valence-electron chi connectivity index (χ2n) is 10.1. The second kappa shape index (κ2) is 15.4. The van der Waals surface area contributed by atoms with Gasteiger partial charge in [-0.1, -0.05) is 83.3 Å². The molecule has 1 aliphatic heterocycles. The number of azide groups is 1. The molecule has 42 heavy (non-hydrogen) atoms. The molecule has 0 fully saturated rings. The van der Waals surface area contributed by atoms with E-state index in [1.165, 1.54) is 0 Å². The van der Waals surface area contributed by atoms with E-state index in [2.05, 4.69) is 38.2 Å². The largest absolute Gasteiger partial charge is 0.494 e. The average molecular weight is 635 g/mol. The molecule has 0 spiro atoms. The monoisotopic (exact) mass is 633 g/mol. The van der Waals surface area contributed by atoms with Crippen LogP contribution in [0.25, 0.3) is 10.4 Å². The minimum absolute atomic E-state index is 0.0632. The molecule has 0 saturated carbocycles. The average Bonchev–Trinajstić information content (AvgIpc) is 3.39. The third-order valence-electron chi connectivity index (χ3n) is 7.17. The van der Waals surface area contributed by atoms with Crippen LogP contribution in [0, 0.1) is 0 Å². The van der Waals surface area contributed by atoms with Crippen molar-refractivity contribution in [3.05, 3.63) is 110 Å². The molecule has 2 N–H and O–H groups in total. The molecule has 3 aromatic carbocycles. The Morgan fingerprint density at radius 2 is 1.83 bits per heavy atom. The highest BCUT2D eigenvalue weighted by atomic mass is 79.9. The van der Waals surface area contributed by atoms with Gasteiger partial charge in [-0.25, -0.2) is 4.99 Å². The van der Waals surface area contributed by atoms with E-state index in [9.17, 15) is 4.79 Å². The molecule has 0 unspecified atom stereocenters. The van der Waals surface area contributed by atoms with Gasteiger partial charge in [-0.15, -0.1) is 0 Å². The smallest absolute Gasteiger partial charge is 0.252 e. The molecule has 0 aliphatic carbocycles. The number of aliphatic hydroxyl groups is 1.